The molecule has 0 radical (unpaired) electrons. The molecule has 0 saturated heterocycles. The molecule has 0 aliphatic carbocycles. The average Bonchev–Trinajstić information content (AvgIpc) is 2.34. The Hall–Kier alpha value is -2.52. The molecule has 0 saturated carbocycles. The van der Waals surface area contributed by atoms with Crippen LogP contribution in [0.5, 0.6) is 0 Å². The monoisotopic (exact) mass is 249 g/mol. The third-order valence-electron chi connectivity index (χ3n) is 2.35. The smallest absolute Gasteiger partial charge is 0.198 e. The summed E-state index contributed by atoms with van der Waals surface area (Å²) in [5.41, 5.74) is -1.34. The minimum Gasteiger partial charge on any atom is -0.198 e. The normalized spacial score (nSPS) is 12.3. The van der Waals surface area contributed by atoms with E-state index in [-0.39, 0.29) is 5.56 Å². The molecule has 0 N–H and O–H groups in total. The van der Waals surface area contributed by atoms with Gasteiger partial charge in [0.25, 0.3) is 0 Å². The van der Waals surface area contributed by atoms with E-state index in [4.69, 9.17) is 15.8 Å². The maximum atomic E-state index is 12.7. The van der Waals surface area contributed by atoms with Crippen LogP contribution in [0.2, 0.25) is 0 Å². The summed E-state index contributed by atoms with van der Waals surface area (Å²) in [7, 11) is 0. The summed E-state index contributed by atoms with van der Waals surface area (Å²) in [6.07, 6.45) is -4.62. The van der Waals surface area contributed by atoms with Crippen molar-refractivity contribution in [2.75, 3.05) is 0 Å². The highest BCUT2D eigenvalue weighted by Crippen LogP contribution is 2.37. The lowest BCUT2D eigenvalue weighted by Gasteiger charge is -2.16. The fourth-order valence-electron chi connectivity index (χ4n) is 1.53. The first-order valence-electron chi connectivity index (χ1n) is 4.80. The van der Waals surface area contributed by atoms with E-state index >= 15 is 0 Å². The molecule has 0 spiro atoms. The molecule has 1 aromatic carbocycles. The van der Waals surface area contributed by atoms with Gasteiger partial charge in [0.15, 0.2) is 5.92 Å². The van der Waals surface area contributed by atoms with Crippen molar-refractivity contribution in [1.82, 2.24) is 0 Å². The Labute approximate surface area is 101 Å². The molecule has 0 heterocycles. The first kappa shape index (κ1) is 13.5. The molecule has 0 aliphatic heterocycles. The fraction of sp³-hybridized carbons (Fsp3) is 0.250. The highest BCUT2D eigenvalue weighted by molar-refractivity contribution is 5.38. The lowest BCUT2D eigenvalue weighted by atomic mass is 9.86. The Morgan fingerprint density at radius 2 is 1.50 bits per heavy atom. The zero-order valence-electron chi connectivity index (χ0n) is 8.94. The van der Waals surface area contributed by atoms with Crippen molar-refractivity contribution in [3.05, 3.63) is 35.4 Å². The van der Waals surface area contributed by atoms with Crippen molar-refractivity contribution >= 4 is 0 Å². The number of hydrogen-bond donors (Lipinski definition) is 0. The van der Waals surface area contributed by atoms with Gasteiger partial charge in [-0.05, 0) is 11.6 Å². The van der Waals surface area contributed by atoms with Gasteiger partial charge in [-0.15, -0.1) is 0 Å². The summed E-state index contributed by atoms with van der Waals surface area (Å²) in [5, 5.41) is 26.2. The Morgan fingerprint density at radius 1 is 0.944 bits per heavy atom. The standard InChI is InChI=1S/C12H6F3N3/c13-12(14,15)11-4-2-1-3-9(11)10(7-18)8(5-16)6-17/h1-4,8,10H. The fourth-order valence-corrected chi connectivity index (χ4v) is 1.53. The summed E-state index contributed by atoms with van der Waals surface area (Å²) in [5.74, 6) is -2.85. The van der Waals surface area contributed by atoms with Crippen LogP contribution in [0, 0.1) is 39.9 Å². The summed E-state index contributed by atoms with van der Waals surface area (Å²) in [6, 6.07) is 9.10. The molecule has 0 bridgehead atoms. The second-order valence-corrected chi connectivity index (χ2v) is 3.43. The van der Waals surface area contributed by atoms with Gasteiger partial charge >= 0.3 is 6.18 Å². The van der Waals surface area contributed by atoms with Gasteiger partial charge in [-0.1, -0.05) is 18.2 Å². The second-order valence-electron chi connectivity index (χ2n) is 3.43. The minimum absolute atomic E-state index is 0.347. The van der Waals surface area contributed by atoms with Gasteiger partial charge in [0.1, 0.15) is 5.92 Å². The van der Waals surface area contributed by atoms with Crippen molar-refractivity contribution in [3.8, 4) is 18.2 Å². The van der Waals surface area contributed by atoms with Crippen LogP contribution < -0.4 is 0 Å². The van der Waals surface area contributed by atoms with E-state index in [1.807, 2.05) is 0 Å². The van der Waals surface area contributed by atoms with Crippen LogP contribution >= 0.6 is 0 Å². The molecular formula is C12H6F3N3. The SMILES string of the molecule is N#CC(C#N)C(C#N)c1ccccc1C(F)(F)F. The number of rotatable bonds is 2. The molecule has 0 fully saturated rings. The van der Waals surface area contributed by atoms with Gasteiger partial charge in [-0.25, -0.2) is 0 Å². The maximum absolute atomic E-state index is 12.7. The molecule has 1 rings (SSSR count). The molecule has 6 heteroatoms. The average molecular weight is 249 g/mol. The molecule has 1 atom stereocenters. The van der Waals surface area contributed by atoms with Gasteiger partial charge < -0.3 is 0 Å². The molecule has 0 aromatic heterocycles. The summed E-state index contributed by atoms with van der Waals surface area (Å²) >= 11 is 0. The van der Waals surface area contributed by atoms with E-state index in [1.165, 1.54) is 24.3 Å². The van der Waals surface area contributed by atoms with Gasteiger partial charge in [0.2, 0.25) is 0 Å². The molecule has 1 unspecified atom stereocenters. The molecule has 0 amide bonds. The molecular weight excluding hydrogens is 243 g/mol. The van der Waals surface area contributed by atoms with E-state index in [0.717, 1.165) is 12.1 Å². The molecule has 3 nitrogen and oxygen atoms in total. The Morgan fingerprint density at radius 3 is 1.94 bits per heavy atom. The number of alkyl halides is 3. The van der Waals surface area contributed by atoms with Crippen LogP contribution in [-0.4, -0.2) is 0 Å². The molecule has 0 aliphatic rings. The third-order valence-corrected chi connectivity index (χ3v) is 2.35. The topological polar surface area (TPSA) is 71.4 Å². The minimum atomic E-state index is -4.62. The predicted octanol–water partition coefficient (Wildman–Crippen LogP) is 2.98. The zero-order valence-corrected chi connectivity index (χ0v) is 8.94. The van der Waals surface area contributed by atoms with Gasteiger partial charge in [0, 0.05) is 0 Å². The number of benzene rings is 1. The summed E-state index contributed by atoms with van der Waals surface area (Å²) in [4.78, 5) is 0. The first-order valence-corrected chi connectivity index (χ1v) is 4.80. The van der Waals surface area contributed by atoms with Crippen LogP contribution in [0.3, 0.4) is 0 Å². The van der Waals surface area contributed by atoms with E-state index in [2.05, 4.69) is 0 Å². The molecule has 90 valence electrons. The van der Waals surface area contributed by atoms with Crippen molar-refractivity contribution in [2.45, 2.75) is 12.1 Å². The van der Waals surface area contributed by atoms with Gasteiger partial charge in [-0.2, -0.15) is 29.0 Å². The third kappa shape index (κ3) is 2.59. The number of nitrogens with zero attached hydrogens (tertiary/aromatic N) is 3. The van der Waals surface area contributed by atoms with Crippen LogP contribution in [0.15, 0.2) is 24.3 Å². The lowest BCUT2D eigenvalue weighted by Crippen LogP contribution is -2.15. The summed E-state index contributed by atoms with van der Waals surface area (Å²) in [6.45, 7) is 0. The zero-order chi connectivity index (χ0) is 13.8. The van der Waals surface area contributed by atoms with Crippen LogP contribution in [0.25, 0.3) is 0 Å². The number of halogens is 3. The Bertz CT molecular complexity index is 544. The summed E-state index contributed by atoms with van der Waals surface area (Å²) < 4.78 is 38.2. The van der Waals surface area contributed by atoms with Crippen molar-refractivity contribution in [1.29, 1.82) is 15.8 Å². The number of nitriles is 3. The predicted molar refractivity (Wildman–Crippen MR) is 54.5 cm³/mol. The maximum Gasteiger partial charge on any atom is 0.416 e. The quantitative estimate of drug-likeness (QED) is 0.808. The molecule has 18 heavy (non-hydrogen) atoms. The highest BCUT2D eigenvalue weighted by Gasteiger charge is 2.37. The Kier molecular flexibility index (Phi) is 3.92. The van der Waals surface area contributed by atoms with Crippen molar-refractivity contribution in [3.63, 3.8) is 0 Å². The van der Waals surface area contributed by atoms with Gasteiger partial charge in [-0.3, -0.25) is 0 Å². The van der Waals surface area contributed by atoms with E-state index < -0.39 is 23.6 Å². The van der Waals surface area contributed by atoms with E-state index in [1.54, 1.807) is 6.07 Å². The highest BCUT2D eigenvalue weighted by atomic mass is 19.4. The van der Waals surface area contributed by atoms with Crippen LogP contribution in [-0.2, 0) is 6.18 Å². The van der Waals surface area contributed by atoms with E-state index in [0.29, 0.717) is 0 Å². The molecule has 1 aromatic rings. The van der Waals surface area contributed by atoms with Crippen molar-refractivity contribution < 1.29 is 13.2 Å². The van der Waals surface area contributed by atoms with Crippen LogP contribution in [0.4, 0.5) is 13.2 Å². The first-order chi connectivity index (χ1) is 8.45. The largest absolute Gasteiger partial charge is 0.416 e. The van der Waals surface area contributed by atoms with Crippen molar-refractivity contribution in [2.24, 2.45) is 5.92 Å². The Balaban J connectivity index is 3.38. The van der Waals surface area contributed by atoms with Gasteiger partial charge in [0.05, 0.1) is 23.8 Å². The van der Waals surface area contributed by atoms with E-state index in [9.17, 15) is 13.2 Å². The lowest BCUT2D eigenvalue weighted by molar-refractivity contribution is -0.138. The van der Waals surface area contributed by atoms with Crippen LogP contribution in [0.1, 0.15) is 17.0 Å². The second kappa shape index (κ2) is 5.21. The number of hydrogen-bond acceptors (Lipinski definition) is 3.